The minimum atomic E-state index is -0.0903. The van der Waals surface area contributed by atoms with Gasteiger partial charge in [-0.1, -0.05) is 0 Å². The van der Waals surface area contributed by atoms with Crippen molar-refractivity contribution in [3.63, 3.8) is 0 Å². The summed E-state index contributed by atoms with van der Waals surface area (Å²) in [6.45, 7) is 0.689. The van der Waals surface area contributed by atoms with Crippen LogP contribution >= 0.6 is 15.9 Å². The highest BCUT2D eigenvalue weighted by Crippen LogP contribution is 2.42. The molecule has 1 aromatic rings. The van der Waals surface area contributed by atoms with E-state index in [4.69, 9.17) is 0 Å². The highest BCUT2D eigenvalue weighted by Gasteiger charge is 2.34. The van der Waals surface area contributed by atoms with Crippen molar-refractivity contribution in [2.75, 3.05) is 20.6 Å². The fourth-order valence-electron chi connectivity index (χ4n) is 2.67. The van der Waals surface area contributed by atoms with Crippen LogP contribution in [0, 0.1) is 5.92 Å². The number of rotatable bonds is 6. The lowest BCUT2D eigenvalue weighted by atomic mass is 10.1. The Morgan fingerprint density at radius 3 is 2.70 bits per heavy atom. The molecule has 1 heterocycles. The predicted octanol–water partition coefficient (Wildman–Crippen LogP) is 2.12. The fourth-order valence-corrected chi connectivity index (χ4v) is 3.35. The number of nitrogens with one attached hydrogen (secondary N) is 2. The van der Waals surface area contributed by atoms with E-state index in [-0.39, 0.29) is 5.91 Å². The lowest BCUT2D eigenvalue weighted by Crippen LogP contribution is -2.41. The zero-order chi connectivity index (χ0) is 14.3. The van der Waals surface area contributed by atoms with Crippen molar-refractivity contribution >= 4 is 21.8 Å². The molecule has 5 nitrogen and oxygen atoms in total. The zero-order valence-corrected chi connectivity index (χ0v) is 13.5. The van der Waals surface area contributed by atoms with E-state index in [1.54, 1.807) is 0 Å². The SMILES string of the molecule is CN(C)[C@@H](CNC(=O)c1n[nH]c(C2CC2)c1Br)C1CC1. The highest BCUT2D eigenvalue weighted by molar-refractivity contribution is 9.10. The molecule has 0 radical (unpaired) electrons. The molecular weight excluding hydrogens is 320 g/mol. The van der Waals surface area contributed by atoms with E-state index >= 15 is 0 Å². The van der Waals surface area contributed by atoms with Crippen LogP contribution in [-0.4, -0.2) is 47.7 Å². The van der Waals surface area contributed by atoms with Gasteiger partial charge in [-0.15, -0.1) is 0 Å². The topological polar surface area (TPSA) is 61.0 Å². The van der Waals surface area contributed by atoms with Gasteiger partial charge < -0.3 is 10.2 Å². The Labute approximate surface area is 127 Å². The average Bonchev–Trinajstić information content (AvgIpc) is 3.29. The summed E-state index contributed by atoms with van der Waals surface area (Å²) < 4.78 is 0.838. The van der Waals surface area contributed by atoms with E-state index in [1.165, 1.54) is 25.7 Å². The maximum Gasteiger partial charge on any atom is 0.273 e. The number of carbonyl (C=O) groups excluding carboxylic acids is 1. The molecule has 0 aliphatic heterocycles. The number of likely N-dealkylation sites (N-methyl/N-ethyl adjacent to an activating group) is 1. The molecule has 2 aliphatic carbocycles. The number of H-pyrrole nitrogens is 1. The van der Waals surface area contributed by atoms with E-state index in [1.807, 2.05) is 0 Å². The maximum atomic E-state index is 12.2. The molecule has 20 heavy (non-hydrogen) atoms. The van der Waals surface area contributed by atoms with Gasteiger partial charge in [-0.05, 0) is 61.6 Å². The summed E-state index contributed by atoms with van der Waals surface area (Å²) in [5.41, 5.74) is 1.56. The first-order chi connectivity index (χ1) is 9.58. The van der Waals surface area contributed by atoms with Crippen LogP contribution in [0.25, 0.3) is 0 Å². The van der Waals surface area contributed by atoms with Crippen LogP contribution in [0.5, 0.6) is 0 Å². The molecule has 0 unspecified atom stereocenters. The van der Waals surface area contributed by atoms with Crippen LogP contribution in [0.15, 0.2) is 4.47 Å². The largest absolute Gasteiger partial charge is 0.349 e. The van der Waals surface area contributed by atoms with E-state index in [9.17, 15) is 4.79 Å². The predicted molar refractivity (Wildman–Crippen MR) is 80.8 cm³/mol. The maximum absolute atomic E-state index is 12.2. The normalized spacial score (nSPS) is 20.2. The highest BCUT2D eigenvalue weighted by atomic mass is 79.9. The summed E-state index contributed by atoms with van der Waals surface area (Å²) in [5.74, 6) is 1.20. The van der Waals surface area contributed by atoms with Gasteiger partial charge >= 0.3 is 0 Å². The number of aromatic amines is 1. The number of hydrogen-bond acceptors (Lipinski definition) is 3. The molecule has 0 spiro atoms. The van der Waals surface area contributed by atoms with Crippen molar-refractivity contribution in [1.29, 1.82) is 0 Å². The Balaban J connectivity index is 1.61. The molecular formula is C14H21BrN4O. The van der Waals surface area contributed by atoms with Crippen LogP contribution in [0.3, 0.4) is 0 Å². The second-order valence-corrected chi connectivity index (χ2v) is 6.95. The second-order valence-electron chi connectivity index (χ2n) is 6.15. The van der Waals surface area contributed by atoms with Gasteiger partial charge in [-0.2, -0.15) is 5.10 Å². The Morgan fingerprint density at radius 2 is 2.15 bits per heavy atom. The Bertz CT molecular complexity index is 503. The number of amides is 1. The molecule has 2 fully saturated rings. The monoisotopic (exact) mass is 340 g/mol. The minimum absolute atomic E-state index is 0.0903. The van der Waals surface area contributed by atoms with Gasteiger partial charge in [0.2, 0.25) is 0 Å². The van der Waals surface area contributed by atoms with Crippen molar-refractivity contribution in [1.82, 2.24) is 20.4 Å². The average molecular weight is 341 g/mol. The molecule has 1 amide bonds. The van der Waals surface area contributed by atoms with Gasteiger partial charge in [-0.3, -0.25) is 9.89 Å². The van der Waals surface area contributed by atoms with E-state index < -0.39 is 0 Å². The lowest BCUT2D eigenvalue weighted by molar-refractivity contribution is 0.0933. The summed E-state index contributed by atoms with van der Waals surface area (Å²) in [7, 11) is 4.15. The number of hydrogen-bond donors (Lipinski definition) is 2. The van der Waals surface area contributed by atoms with Gasteiger partial charge in [0.05, 0.1) is 10.2 Å². The Kier molecular flexibility index (Phi) is 3.86. The fraction of sp³-hybridized carbons (Fsp3) is 0.714. The smallest absolute Gasteiger partial charge is 0.273 e. The van der Waals surface area contributed by atoms with Gasteiger partial charge in [0, 0.05) is 18.5 Å². The first-order valence-corrected chi connectivity index (χ1v) is 8.05. The van der Waals surface area contributed by atoms with Crippen molar-refractivity contribution in [3.05, 3.63) is 15.9 Å². The zero-order valence-electron chi connectivity index (χ0n) is 11.9. The van der Waals surface area contributed by atoms with Crippen LogP contribution in [0.4, 0.5) is 0 Å². The molecule has 0 saturated heterocycles. The number of nitrogens with zero attached hydrogens (tertiary/aromatic N) is 2. The summed E-state index contributed by atoms with van der Waals surface area (Å²) in [6.07, 6.45) is 4.92. The van der Waals surface area contributed by atoms with Crippen LogP contribution in [-0.2, 0) is 0 Å². The lowest BCUT2D eigenvalue weighted by Gasteiger charge is -2.24. The summed E-state index contributed by atoms with van der Waals surface area (Å²) >= 11 is 3.50. The van der Waals surface area contributed by atoms with Crippen molar-refractivity contribution < 1.29 is 4.79 Å². The van der Waals surface area contributed by atoms with Crippen LogP contribution in [0.2, 0.25) is 0 Å². The first kappa shape index (κ1) is 14.1. The van der Waals surface area contributed by atoms with Gasteiger partial charge in [0.25, 0.3) is 5.91 Å². The minimum Gasteiger partial charge on any atom is -0.349 e. The molecule has 2 N–H and O–H groups in total. The Morgan fingerprint density at radius 1 is 1.45 bits per heavy atom. The van der Waals surface area contributed by atoms with E-state index in [0.29, 0.717) is 24.2 Å². The van der Waals surface area contributed by atoms with E-state index in [0.717, 1.165) is 16.1 Å². The molecule has 1 aromatic heterocycles. The van der Waals surface area contributed by atoms with Crippen molar-refractivity contribution in [2.24, 2.45) is 5.92 Å². The van der Waals surface area contributed by atoms with Gasteiger partial charge in [-0.25, -0.2) is 0 Å². The van der Waals surface area contributed by atoms with Gasteiger partial charge in [0.15, 0.2) is 5.69 Å². The summed E-state index contributed by atoms with van der Waals surface area (Å²) in [6, 6.07) is 0.430. The van der Waals surface area contributed by atoms with Crippen molar-refractivity contribution in [3.8, 4) is 0 Å². The molecule has 6 heteroatoms. The third-order valence-corrected chi connectivity index (χ3v) is 5.04. The number of aromatic nitrogens is 2. The molecule has 0 bridgehead atoms. The standard InChI is InChI=1S/C14H21BrN4O/c1-19(2)10(8-3-4-8)7-16-14(20)13-11(15)12(17-18-13)9-5-6-9/h8-10H,3-7H2,1-2H3,(H,16,20)(H,17,18)/t10-/m0/s1. The van der Waals surface area contributed by atoms with Crippen LogP contribution in [0.1, 0.15) is 47.8 Å². The quantitative estimate of drug-likeness (QED) is 0.833. The Hall–Kier alpha value is -0.880. The number of carbonyl (C=O) groups is 1. The molecule has 3 rings (SSSR count). The molecule has 2 saturated carbocycles. The molecule has 1 atom stereocenters. The molecule has 2 aliphatic rings. The molecule has 110 valence electrons. The third kappa shape index (κ3) is 2.91. The summed E-state index contributed by atoms with van der Waals surface area (Å²) in [5, 5.41) is 10.2. The van der Waals surface area contributed by atoms with Crippen LogP contribution < -0.4 is 5.32 Å². The summed E-state index contributed by atoms with van der Waals surface area (Å²) in [4.78, 5) is 14.5. The van der Waals surface area contributed by atoms with E-state index in [2.05, 4.69) is 50.4 Å². The van der Waals surface area contributed by atoms with Crippen molar-refractivity contribution in [2.45, 2.75) is 37.6 Å². The third-order valence-electron chi connectivity index (χ3n) is 4.23. The molecule has 0 aromatic carbocycles. The second kappa shape index (κ2) is 5.48. The van der Waals surface area contributed by atoms with Gasteiger partial charge in [0.1, 0.15) is 0 Å². The number of halogens is 1. The first-order valence-electron chi connectivity index (χ1n) is 7.26.